The van der Waals surface area contributed by atoms with Gasteiger partial charge in [0.2, 0.25) is 5.91 Å². The predicted octanol–water partition coefficient (Wildman–Crippen LogP) is 1.19. The zero-order valence-electron chi connectivity index (χ0n) is 10.5. The van der Waals surface area contributed by atoms with Gasteiger partial charge in [-0.15, -0.1) is 0 Å². The van der Waals surface area contributed by atoms with Gasteiger partial charge in [0.05, 0.1) is 6.42 Å². The monoisotopic (exact) mass is 248 g/mol. The minimum Gasteiger partial charge on any atom is -0.508 e. The fraction of sp³-hybridized carbons (Fsp3) is 0.500. The van der Waals surface area contributed by atoms with Crippen LogP contribution in [0.15, 0.2) is 24.3 Å². The zero-order valence-corrected chi connectivity index (χ0v) is 10.5. The smallest absolute Gasteiger partial charge is 0.224 e. The van der Waals surface area contributed by atoms with Crippen molar-refractivity contribution in [1.29, 1.82) is 0 Å². The molecular formula is C14H20N2O2. The number of rotatable bonds is 5. The molecule has 1 fully saturated rings. The summed E-state index contributed by atoms with van der Waals surface area (Å²) in [5.41, 5.74) is 0.921. The molecule has 1 atom stereocenters. The molecule has 3 N–H and O–H groups in total. The summed E-state index contributed by atoms with van der Waals surface area (Å²) in [7, 11) is 0. The number of aromatic hydroxyl groups is 1. The highest BCUT2D eigenvalue weighted by molar-refractivity contribution is 5.78. The molecule has 2 rings (SSSR count). The van der Waals surface area contributed by atoms with Crippen LogP contribution in [-0.4, -0.2) is 30.1 Å². The van der Waals surface area contributed by atoms with E-state index in [1.54, 1.807) is 24.3 Å². The van der Waals surface area contributed by atoms with Crippen LogP contribution in [0.2, 0.25) is 0 Å². The van der Waals surface area contributed by atoms with Crippen molar-refractivity contribution in [3.8, 4) is 5.75 Å². The SMILES string of the molecule is O=C(Cc1ccc(O)cc1)NCCC1CCCN1. The van der Waals surface area contributed by atoms with Gasteiger partial charge in [0, 0.05) is 12.6 Å². The second-order valence-electron chi connectivity index (χ2n) is 4.78. The maximum atomic E-state index is 11.7. The maximum absolute atomic E-state index is 11.7. The minimum atomic E-state index is 0.0405. The first-order valence-corrected chi connectivity index (χ1v) is 6.52. The molecular weight excluding hydrogens is 228 g/mol. The van der Waals surface area contributed by atoms with Crippen molar-refractivity contribution in [1.82, 2.24) is 10.6 Å². The summed E-state index contributed by atoms with van der Waals surface area (Å²) in [4.78, 5) is 11.7. The molecule has 0 spiro atoms. The van der Waals surface area contributed by atoms with E-state index in [2.05, 4.69) is 10.6 Å². The summed E-state index contributed by atoms with van der Waals surface area (Å²) >= 11 is 0. The van der Waals surface area contributed by atoms with E-state index in [0.717, 1.165) is 25.1 Å². The average molecular weight is 248 g/mol. The van der Waals surface area contributed by atoms with Crippen LogP contribution in [0.25, 0.3) is 0 Å². The second kappa shape index (κ2) is 6.40. The molecule has 1 heterocycles. The minimum absolute atomic E-state index is 0.0405. The first-order valence-electron chi connectivity index (χ1n) is 6.52. The van der Waals surface area contributed by atoms with Crippen molar-refractivity contribution in [3.63, 3.8) is 0 Å². The van der Waals surface area contributed by atoms with Gasteiger partial charge in [0.15, 0.2) is 0 Å². The number of phenolic OH excluding ortho intramolecular Hbond substituents is 1. The van der Waals surface area contributed by atoms with Crippen molar-refractivity contribution in [2.75, 3.05) is 13.1 Å². The van der Waals surface area contributed by atoms with Crippen molar-refractivity contribution in [2.45, 2.75) is 31.7 Å². The van der Waals surface area contributed by atoms with Crippen LogP contribution in [0.3, 0.4) is 0 Å². The molecule has 0 bridgehead atoms. The molecule has 1 aromatic rings. The highest BCUT2D eigenvalue weighted by Gasteiger charge is 2.13. The number of hydrogen-bond donors (Lipinski definition) is 3. The molecule has 0 aromatic heterocycles. The summed E-state index contributed by atoms with van der Waals surface area (Å²) in [6.45, 7) is 1.83. The maximum Gasteiger partial charge on any atom is 0.224 e. The summed E-state index contributed by atoms with van der Waals surface area (Å²) < 4.78 is 0. The fourth-order valence-corrected chi connectivity index (χ4v) is 2.25. The van der Waals surface area contributed by atoms with Crippen LogP contribution >= 0.6 is 0 Å². The highest BCUT2D eigenvalue weighted by atomic mass is 16.3. The van der Waals surface area contributed by atoms with E-state index in [-0.39, 0.29) is 11.7 Å². The van der Waals surface area contributed by atoms with Gasteiger partial charge >= 0.3 is 0 Å². The van der Waals surface area contributed by atoms with Crippen molar-refractivity contribution in [3.05, 3.63) is 29.8 Å². The molecule has 1 unspecified atom stereocenters. The zero-order chi connectivity index (χ0) is 12.8. The average Bonchev–Trinajstić information content (AvgIpc) is 2.85. The van der Waals surface area contributed by atoms with Crippen molar-refractivity contribution >= 4 is 5.91 Å². The van der Waals surface area contributed by atoms with E-state index >= 15 is 0 Å². The highest BCUT2D eigenvalue weighted by Crippen LogP contribution is 2.10. The largest absolute Gasteiger partial charge is 0.508 e. The number of phenols is 1. The third-order valence-corrected chi connectivity index (χ3v) is 3.28. The molecule has 0 radical (unpaired) electrons. The Morgan fingerprint density at radius 3 is 2.83 bits per heavy atom. The summed E-state index contributed by atoms with van der Waals surface area (Å²) in [6, 6.07) is 7.32. The van der Waals surface area contributed by atoms with Gasteiger partial charge in [-0.25, -0.2) is 0 Å². The molecule has 1 amide bonds. The summed E-state index contributed by atoms with van der Waals surface area (Å²) in [5.74, 6) is 0.269. The normalized spacial score (nSPS) is 18.8. The lowest BCUT2D eigenvalue weighted by Gasteiger charge is -2.10. The lowest BCUT2D eigenvalue weighted by molar-refractivity contribution is -0.120. The molecule has 1 saturated heterocycles. The van der Waals surface area contributed by atoms with E-state index in [9.17, 15) is 4.79 Å². The first-order chi connectivity index (χ1) is 8.74. The van der Waals surface area contributed by atoms with Gasteiger partial charge in [0.25, 0.3) is 0 Å². The lowest BCUT2D eigenvalue weighted by atomic mass is 10.1. The Bertz CT molecular complexity index is 383. The van der Waals surface area contributed by atoms with Crippen molar-refractivity contribution < 1.29 is 9.90 Å². The summed E-state index contributed by atoms with van der Waals surface area (Å²) in [6.07, 6.45) is 3.83. The predicted molar refractivity (Wildman–Crippen MR) is 70.5 cm³/mol. The van der Waals surface area contributed by atoms with Crippen molar-refractivity contribution in [2.24, 2.45) is 0 Å². The molecule has 1 aromatic carbocycles. The van der Waals surface area contributed by atoms with Crippen LogP contribution in [0.4, 0.5) is 0 Å². The Balaban J connectivity index is 1.66. The Morgan fingerprint density at radius 2 is 2.17 bits per heavy atom. The summed E-state index contributed by atoms with van der Waals surface area (Å²) in [5, 5.41) is 15.5. The number of carbonyl (C=O) groups excluding carboxylic acids is 1. The Hall–Kier alpha value is -1.55. The van der Waals surface area contributed by atoms with Gasteiger partial charge in [0.1, 0.15) is 5.75 Å². The number of carbonyl (C=O) groups is 1. The van der Waals surface area contributed by atoms with Gasteiger partial charge < -0.3 is 15.7 Å². The van der Waals surface area contributed by atoms with E-state index < -0.39 is 0 Å². The van der Waals surface area contributed by atoms with E-state index in [1.807, 2.05) is 0 Å². The van der Waals surface area contributed by atoms with E-state index in [0.29, 0.717) is 12.5 Å². The van der Waals surface area contributed by atoms with Crippen LogP contribution in [0.5, 0.6) is 5.75 Å². The van der Waals surface area contributed by atoms with Gasteiger partial charge in [-0.05, 0) is 43.5 Å². The number of hydrogen-bond acceptors (Lipinski definition) is 3. The van der Waals surface area contributed by atoms with Gasteiger partial charge in [-0.2, -0.15) is 0 Å². The third-order valence-electron chi connectivity index (χ3n) is 3.28. The molecule has 18 heavy (non-hydrogen) atoms. The topological polar surface area (TPSA) is 61.4 Å². The van der Waals surface area contributed by atoms with E-state index in [4.69, 9.17) is 5.11 Å². The third kappa shape index (κ3) is 4.04. The van der Waals surface area contributed by atoms with E-state index in [1.165, 1.54) is 12.8 Å². The van der Waals surface area contributed by atoms with Crippen LogP contribution < -0.4 is 10.6 Å². The first kappa shape index (κ1) is 12.9. The number of nitrogens with one attached hydrogen (secondary N) is 2. The van der Waals surface area contributed by atoms with Crippen LogP contribution in [0, 0.1) is 0 Å². The second-order valence-corrected chi connectivity index (χ2v) is 4.78. The Labute approximate surface area is 107 Å². The standard InChI is InChI=1S/C14H20N2O2/c17-13-5-3-11(4-6-13)10-14(18)16-9-7-12-2-1-8-15-12/h3-6,12,15,17H,1-2,7-10H2,(H,16,18). The van der Waals surface area contributed by atoms with Gasteiger partial charge in [-0.3, -0.25) is 4.79 Å². The van der Waals surface area contributed by atoms with Crippen LogP contribution in [0.1, 0.15) is 24.8 Å². The molecule has 98 valence electrons. The number of benzene rings is 1. The lowest BCUT2D eigenvalue weighted by Crippen LogP contribution is -2.31. The Kier molecular flexibility index (Phi) is 4.59. The molecule has 4 nitrogen and oxygen atoms in total. The molecule has 1 aliphatic rings. The molecule has 0 saturated carbocycles. The fourth-order valence-electron chi connectivity index (χ4n) is 2.25. The molecule has 4 heteroatoms. The molecule has 0 aliphatic carbocycles. The van der Waals surface area contributed by atoms with Crippen LogP contribution in [-0.2, 0) is 11.2 Å². The molecule has 1 aliphatic heterocycles. The van der Waals surface area contributed by atoms with Gasteiger partial charge in [-0.1, -0.05) is 12.1 Å². The quantitative estimate of drug-likeness (QED) is 0.733. The Morgan fingerprint density at radius 1 is 1.39 bits per heavy atom. The number of amides is 1.